The van der Waals surface area contributed by atoms with E-state index in [1.807, 2.05) is 6.07 Å². The lowest BCUT2D eigenvalue weighted by Crippen LogP contribution is -2.21. The van der Waals surface area contributed by atoms with E-state index in [0.717, 1.165) is 24.5 Å². The number of hydrogen-bond donors (Lipinski definition) is 1. The lowest BCUT2D eigenvalue weighted by atomic mass is 9.77. The molecular formula is C14H20ClNO. The number of aromatic nitrogens is 1. The maximum Gasteiger partial charge on any atom is 0.0987 e. The standard InChI is InChI=1S/C14H20ClNO/c1-2-10-4-3-5-11(8-10)14(17)13-7-6-12(15)9-16-13/h6-7,9-11,14,17H,2-5,8H2,1H3. The first kappa shape index (κ1) is 12.8. The average molecular weight is 254 g/mol. The number of pyridine rings is 1. The van der Waals surface area contributed by atoms with Gasteiger partial charge in [-0.3, -0.25) is 4.98 Å². The van der Waals surface area contributed by atoms with Crippen LogP contribution in [-0.4, -0.2) is 10.1 Å². The fraction of sp³-hybridized carbons (Fsp3) is 0.643. The molecule has 0 bridgehead atoms. The highest BCUT2D eigenvalue weighted by Gasteiger charge is 2.28. The maximum absolute atomic E-state index is 10.3. The molecule has 0 radical (unpaired) electrons. The molecular weight excluding hydrogens is 234 g/mol. The Bertz CT molecular complexity index is 352. The zero-order valence-electron chi connectivity index (χ0n) is 10.3. The zero-order chi connectivity index (χ0) is 12.3. The van der Waals surface area contributed by atoms with E-state index in [9.17, 15) is 5.11 Å². The van der Waals surface area contributed by atoms with Crippen molar-refractivity contribution in [2.45, 2.75) is 45.1 Å². The molecule has 1 saturated carbocycles. The summed E-state index contributed by atoms with van der Waals surface area (Å²) < 4.78 is 0. The number of halogens is 1. The van der Waals surface area contributed by atoms with Gasteiger partial charge in [-0.1, -0.05) is 37.8 Å². The Morgan fingerprint density at radius 3 is 2.94 bits per heavy atom. The van der Waals surface area contributed by atoms with Crippen molar-refractivity contribution in [2.24, 2.45) is 11.8 Å². The predicted molar refractivity (Wildman–Crippen MR) is 69.9 cm³/mol. The molecule has 3 heteroatoms. The Morgan fingerprint density at radius 2 is 2.29 bits per heavy atom. The first-order chi connectivity index (χ1) is 8.20. The van der Waals surface area contributed by atoms with Gasteiger partial charge < -0.3 is 5.11 Å². The third-order valence-corrected chi connectivity index (χ3v) is 4.12. The van der Waals surface area contributed by atoms with Crippen LogP contribution in [0.15, 0.2) is 18.3 Å². The van der Waals surface area contributed by atoms with Crippen LogP contribution in [0.1, 0.15) is 50.8 Å². The Hall–Kier alpha value is -0.600. The minimum atomic E-state index is -0.429. The fourth-order valence-electron chi connectivity index (χ4n) is 2.79. The van der Waals surface area contributed by atoms with Gasteiger partial charge in [0.1, 0.15) is 0 Å². The lowest BCUT2D eigenvalue weighted by molar-refractivity contribution is 0.0645. The van der Waals surface area contributed by atoms with Crippen LogP contribution >= 0.6 is 11.6 Å². The SMILES string of the molecule is CCC1CCCC(C(O)c2ccc(Cl)cn2)C1. The monoisotopic (exact) mass is 253 g/mol. The third-order valence-electron chi connectivity index (χ3n) is 3.90. The molecule has 2 nitrogen and oxygen atoms in total. The summed E-state index contributed by atoms with van der Waals surface area (Å²) in [6.45, 7) is 2.24. The topological polar surface area (TPSA) is 33.1 Å². The van der Waals surface area contributed by atoms with Crippen LogP contribution in [0.5, 0.6) is 0 Å². The summed E-state index contributed by atoms with van der Waals surface area (Å²) in [6.07, 6.45) is 7.19. The molecule has 1 N–H and O–H groups in total. The minimum absolute atomic E-state index is 0.363. The van der Waals surface area contributed by atoms with Gasteiger partial charge >= 0.3 is 0 Å². The van der Waals surface area contributed by atoms with Crippen molar-refractivity contribution < 1.29 is 5.11 Å². The summed E-state index contributed by atoms with van der Waals surface area (Å²) in [7, 11) is 0. The highest BCUT2D eigenvalue weighted by molar-refractivity contribution is 6.30. The smallest absolute Gasteiger partial charge is 0.0987 e. The Labute approximate surface area is 108 Å². The molecule has 3 unspecified atom stereocenters. The largest absolute Gasteiger partial charge is 0.387 e. The van der Waals surface area contributed by atoms with Crippen LogP contribution < -0.4 is 0 Å². The van der Waals surface area contributed by atoms with E-state index >= 15 is 0 Å². The summed E-state index contributed by atoms with van der Waals surface area (Å²) >= 11 is 5.80. The summed E-state index contributed by atoms with van der Waals surface area (Å²) in [6, 6.07) is 3.63. The number of rotatable bonds is 3. The van der Waals surface area contributed by atoms with Crippen molar-refractivity contribution in [1.82, 2.24) is 4.98 Å². The van der Waals surface area contributed by atoms with Gasteiger partial charge in [-0.05, 0) is 36.8 Å². The summed E-state index contributed by atoms with van der Waals surface area (Å²) in [5.41, 5.74) is 0.760. The van der Waals surface area contributed by atoms with E-state index in [-0.39, 0.29) is 0 Å². The molecule has 17 heavy (non-hydrogen) atoms. The zero-order valence-corrected chi connectivity index (χ0v) is 11.0. The molecule has 1 aromatic rings. The van der Waals surface area contributed by atoms with E-state index < -0.39 is 6.10 Å². The molecule has 94 valence electrons. The van der Waals surface area contributed by atoms with Crippen molar-refractivity contribution >= 4 is 11.6 Å². The molecule has 0 aliphatic heterocycles. The highest BCUT2D eigenvalue weighted by atomic mass is 35.5. The number of aliphatic hydroxyl groups is 1. The Balaban J connectivity index is 2.03. The van der Waals surface area contributed by atoms with E-state index in [1.54, 1.807) is 12.3 Å². The van der Waals surface area contributed by atoms with E-state index in [4.69, 9.17) is 11.6 Å². The van der Waals surface area contributed by atoms with Crippen molar-refractivity contribution in [1.29, 1.82) is 0 Å². The van der Waals surface area contributed by atoms with Crippen LogP contribution in [0, 0.1) is 11.8 Å². The number of hydrogen-bond acceptors (Lipinski definition) is 2. The first-order valence-corrected chi connectivity index (χ1v) is 6.88. The van der Waals surface area contributed by atoms with Gasteiger partial charge in [-0.25, -0.2) is 0 Å². The molecule has 0 aromatic carbocycles. The van der Waals surface area contributed by atoms with Crippen LogP contribution in [0.2, 0.25) is 5.02 Å². The second-order valence-corrected chi connectivity index (χ2v) is 5.48. The molecule has 0 saturated heterocycles. The summed E-state index contributed by atoms with van der Waals surface area (Å²) in [5, 5.41) is 11.0. The van der Waals surface area contributed by atoms with Crippen LogP contribution in [0.25, 0.3) is 0 Å². The van der Waals surface area contributed by atoms with Crippen molar-refractivity contribution in [3.05, 3.63) is 29.0 Å². The molecule has 0 amide bonds. The third kappa shape index (κ3) is 3.20. The normalized spacial score (nSPS) is 26.8. The van der Waals surface area contributed by atoms with Crippen LogP contribution in [-0.2, 0) is 0 Å². The first-order valence-electron chi connectivity index (χ1n) is 6.50. The fourth-order valence-corrected chi connectivity index (χ4v) is 2.91. The second-order valence-electron chi connectivity index (χ2n) is 5.05. The van der Waals surface area contributed by atoms with Gasteiger partial charge in [0.05, 0.1) is 16.8 Å². The van der Waals surface area contributed by atoms with Crippen molar-refractivity contribution in [2.75, 3.05) is 0 Å². The van der Waals surface area contributed by atoms with Gasteiger partial charge in [0.25, 0.3) is 0 Å². The van der Waals surface area contributed by atoms with Gasteiger partial charge in [0, 0.05) is 6.20 Å². The molecule has 1 heterocycles. The van der Waals surface area contributed by atoms with E-state index in [2.05, 4.69) is 11.9 Å². The van der Waals surface area contributed by atoms with Crippen LogP contribution in [0.4, 0.5) is 0 Å². The van der Waals surface area contributed by atoms with Crippen molar-refractivity contribution in [3.8, 4) is 0 Å². The van der Waals surface area contributed by atoms with Crippen LogP contribution in [0.3, 0.4) is 0 Å². The molecule has 1 aromatic heterocycles. The second kappa shape index (κ2) is 5.83. The predicted octanol–water partition coefficient (Wildman–Crippen LogP) is 3.98. The van der Waals surface area contributed by atoms with E-state index in [0.29, 0.717) is 10.9 Å². The number of aliphatic hydroxyl groups excluding tert-OH is 1. The Kier molecular flexibility index (Phi) is 4.41. The summed E-state index contributed by atoms with van der Waals surface area (Å²) in [4.78, 5) is 4.22. The lowest BCUT2D eigenvalue weighted by Gasteiger charge is -2.31. The quantitative estimate of drug-likeness (QED) is 0.884. The number of nitrogens with zero attached hydrogens (tertiary/aromatic N) is 1. The van der Waals surface area contributed by atoms with Crippen molar-refractivity contribution in [3.63, 3.8) is 0 Å². The average Bonchev–Trinajstić information content (AvgIpc) is 2.39. The summed E-state index contributed by atoms with van der Waals surface area (Å²) in [5.74, 6) is 1.14. The highest BCUT2D eigenvalue weighted by Crippen LogP contribution is 2.37. The van der Waals surface area contributed by atoms with Gasteiger partial charge in [-0.2, -0.15) is 0 Å². The molecule has 1 aliphatic rings. The molecule has 2 rings (SSSR count). The van der Waals surface area contributed by atoms with Gasteiger partial charge in [-0.15, -0.1) is 0 Å². The maximum atomic E-state index is 10.3. The van der Waals surface area contributed by atoms with E-state index in [1.165, 1.54) is 19.3 Å². The molecule has 1 fully saturated rings. The Morgan fingerprint density at radius 1 is 1.47 bits per heavy atom. The molecule has 0 spiro atoms. The van der Waals surface area contributed by atoms with Gasteiger partial charge in [0.2, 0.25) is 0 Å². The molecule has 3 atom stereocenters. The minimum Gasteiger partial charge on any atom is -0.387 e. The van der Waals surface area contributed by atoms with Gasteiger partial charge in [0.15, 0.2) is 0 Å². The molecule has 1 aliphatic carbocycles.